The third-order valence-electron chi connectivity index (χ3n) is 3.27. The van der Waals surface area contributed by atoms with Gasteiger partial charge >= 0.3 is 0 Å². The zero-order valence-electron chi connectivity index (χ0n) is 13.7. The van der Waals surface area contributed by atoms with Gasteiger partial charge in [-0.2, -0.15) is 0 Å². The van der Waals surface area contributed by atoms with Gasteiger partial charge < -0.3 is 10.6 Å². The summed E-state index contributed by atoms with van der Waals surface area (Å²) in [6, 6.07) is 7.72. The second-order valence-corrected chi connectivity index (χ2v) is 5.77. The van der Waals surface area contributed by atoms with Gasteiger partial charge in [-0.3, -0.25) is 4.79 Å². The van der Waals surface area contributed by atoms with Crippen LogP contribution in [0.4, 0.5) is 11.6 Å². The molecule has 0 saturated heterocycles. The average molecular weight is 298 g/mol. The maximum absolute atomic E-state index is 12.4. The molecule has 22 heavy (non-hydrogen) atoms. The van der Waals surface area contributed by atoms with Gasteiger partial charge in [-0.1, -0.05) is 6.07 Å². The van der Waals surface area contributed by atoms with Gasteiger partial charge in [0.15, 0.2) is 0 Å². The lowest BCUT2D eigenvalue weighted by atomic mass is 10.1. The van der Waals surface area contributed by atoms with Crippen LogP contribution in [0.5, 0.6) is 0 Å². The Morgan fingerprint density at radius 1 is 1.05 bits per heavy atom. The molecule has 0 aliphatic heterocycles. The second kappa shape index (κ2) is 6.56. The highest BCUT2D eigenvalue weighted by Crippen LogP contribution is 2.15. The Labute approximate surface area is 131 Å². The molecule has 2 rings (SSSR count). The molecule has 1 aromatic heterocycles. The van der Waals surface area contributed by atoms with Crippen LogP contribution >= 0.6 is 0 Å². The van der Waals surface area contributed by atoms with E-state index >= 15 is 0 Å². The van der Waals surface area contributed by atoms with E-state index in [9.17, 15) is 4.79 Å². The quantitative estimate of drug-likeness (QED) is 0.907. The molecule has 0 saturated carbocycles. The van der Waals surface area contributed by atoms with Gasteiger partial charge in [-0.05, 0) is 63.9 Å². The van der Waals surface area contributed by atoms with Gasteiger partial charge in [0.2, 0.25) is 5.95 Å². The van der Waals surface area contributed by atoms with Crippen molar-refractivity contribution >= 4 is 17.5 Å². The summed E-state index contributed by atoms with van der Waals surface area (Å²) < 4.78 is 0. The summed E-state index contributed by atoms with van der Waals surface area (Å²) in [6.45, 7) is 9.91. The molecule has 0 bridgehead atoms. The van der Waals surface area contributed by atoms with Crippen molar-refractivity contribution in [1.29, 1.82) is 0 Å². The average Bonchev–Trinajstić information content (AvgIpc) is 2.41. The number of hydrogen-bond donors (Lipinski definition) is 2. The van der Waals surface area contributed by atoms with Crippen LogP contribution in [0.25, 0.3) is 0 Å². The summed E-state index contributed by atoms with van der Waals surface area (Å²) in [4.78, 5) is 20.9. The number of carbonyl (C=O) groups excluding carboxylic acids is 1. The smallest absolute Gasteiger partial charge is 0.274 e. The number of rotatable bonds is 4. The number of benzene rings is 1. The van der Waals surface area contributed by atoms with Crippen LogP contribution in [0.3, 0.4) is 0 Å². The third kappa shape index (κ3) is 4.04. The van der Waals surface area contributed by atoms with Gasteiger partial charge in [0, 0.05) is 17.4 Å². The largest absolute Gasteiger partial charge is 0.352 e. The highest BCUT2D eigenvalue weighted by Gasteiger charge is 2.11. The van der Waals surface area contributed by atoms with E-state index in [1.807, 2.05) is 52.8 Å². The van der Waals surface area contributed by atoms with E-state index in [0.717, 1.165) is 16.9 Å². The van der Waals surface area contributed by atoms with Gasteiger partial charge in [0.1, 0.15) is 5.69 Å². The minimum absolute atomic E-state index is 0.206. The molecular formula is C17H22N4O. The normalized spacial score (nSPS) is 10.6. The summed E-state index contributed by atoms with van der Waals surface area (Å²) in [5, 5.41) is 6.00. The van der Waals surface area contributed by atoms with E-state index in [1.54, 1.807) is 6.07 Å². The molecule has 0 spiro atoms. The Morgan fingerprint density at radius 3 is 2.41 bits per heavy atom. The maximum Gasteiger partial charge on any atom is 0.274 e. The van der Waals surface area contributed by atoms with E-state index in [0.29, 0.717) is 11.6 Å². The number of amides is 1. The minimum Gasteiger partial charge on any atom is -0.352 e. The van der Waals surface area contributed by atoms with Crippen molar-refractivity contribution in [2.45, 2.75) is 40.7 Å². The number of carbonyl (C=O) groups is 1. The first-order chi connectivity index (χ1) is 10.3. The number of aromatic nitrogens is 2. The van der Waals surface area contributed by atoms with Crippen molar-refractivity contribution in [3.8, 4) is 0 Å². The van der Waals surface area contributed by atoms with Gasteiger partial charge in [-0.25, -0.2) is 9.97 Å². The first kappa shape index (κ1) is 15.9. The van der Waals surface area contributed by atoms with Gasteiger partial charge in [0.05, 0.1) is 0 Å². The lowest BCUT2D eigenvalue weighted by Crippen LogP contribution is -2.18. The Kier molecular flexibility index (Phi) is 4.75. The lowest BCUT2D eigenvalue weighted by Gasteiger charge is -2.11. The fourth-order valence-corrected chi connectivity index (χ4v) is 2.02. The highest BCUT2D eigenvalue weighted by atomic mass is 16.1. The zero-order chi connectivity index (χ0) is 16.3. The van der Waals surface area contributed by atoms with Gasteiger partial charge in [0.25, 0.3) is 5.91 Å². The number of nitrogens with zero attached hydrogens (tertiary/aromatic N) is 2. The van der Waals surface area contributed by atoms with Crippen LogP contribution in [0, 0.1) is 20.8 Å². The van der Waals surface area contributed by atoms with Gasteiger partial charge in [-0.15, -0.1) is 0 Å². The fourth-order valence-electron chi connectivity index (χ4n) is 2.02. The fraction of sp³-hybridized carbons (Fsp3) is 0.353. The Hall–Kier alpha value is -2.43. The summed E-state index contributed by atoms with van der Waals surface area (Å²) in [5.41, 5.74) is 4.21. The van der Waals surface area contributed by atoms with Crippen molar-refractivity contribution in [1.82, 2.24) is 9.97 Å². The van der Waals surface area contributed by atoms with E-state index in [2.05, 4.69) is 20.6 Å². The molecule has 2 N–H and O–H groups in total. The molecule has 5 heteroatoms. The van der Waals surface area contributed by atoms with E-state index in [4.69, 9.17) is 0 Å². The maximum atomic E-state index is 12.4. The van der Waals surface area contributed by atoms with Crippen molar-refractivity contribution in [3.05, 3.63) is 46.8 Å². The van der Waals surface area contributed by atoms with Crippen LogP contribution in [0.2, 0.25) is 0 Å². The topological polar surface area (TPSA) is 66.9 Å². The molecule has 1 aromatic carbocycles. The highest BCUT2D eigenvalue weighted by molar-refractivity contribution is 6.03. The number of hydrogen-bond acceptors (Lipinski definition) is 4. The minimum atomic E-state index is -0.236. The van der Waals surface area contributed by atoms with Crippen molar-refractivity contribution in [3.63, 3.8) is 0 Å². The Morgan fingerprint density at radius 2 is 1.77 bits per heavy atom. The zero-order valence-corrected chi connectivity index (χ0v) is 13.7. The molecule has 0 radical (unpaired) electrons. The molecule has 0 aliphatic carbocycles. The van der Waals surface area contributed by atoms with Crippen LogP contribution in [0.1, 0.15) is 41.2 Å². The van der Waals surface area contributed by atoms with E-state index in [1.165, 1.54) is 5.56 Å². The monoisotopic (exact) mass is 298 g/mol. The molecule has 0 fully saturated rings. The first-order valence-corrected chi connectivity index (χ1v) is 7.36. The number of anilines is 2. The second-order valence-electron chi connectivity index (χ2n) is 5.77. The third-order valence-corrected chi connectivity index (χ3v) is 3.27. The summed E-state index contributed by atoms with van der Waals surface area (Å²) >= 11 is 0. The predicted molar refractivity (Wildman–Crippen MR) is 89.4 cm³/mol. The number of aryl methyl sites for hydroxylation is 3. The van der Waals surface area contributed by atoms with Crippen LogP contribution in [0.15, 0.2) is 24.3 Å². The molecule has 1 heterocycles. The molecule has 0 unspecified atom stereocenters. The molecular weight excluding hydrogens is 276 g/mol. The molecule has 1 amide bonds. The SMILES string of the molecule is Cc1cc(C(=O)Nc2ccc(C)c(C)c2)nc(NC(C)C)n1. The first-order valence-electron chi connectivity index (χ1n) is 7.36. The van der Waals surface area contributed by atoms with Crippen LogP contribution in [-0.2, 0) is 0 Å². The number of nitrogens with one attached hydrogen (secondary N) is 2. The molecule has 0 aliphatic rings. The molecule has 2 aromatic rings. The molecule has 116 valence electrons. The van der Waals surface area contributed by atoms with E-state index in [-0.39, 0.29) is 11.9 Å². The Balaban J connectivity index is 2.21. The summed E-state index contributed by atoms with van der Waals surface area (Å²) in [6.07, 6.45) is 0. The Bertz CT molecular complexity index is 695. The molecule has 5 nitrogen and oxygen atoms in total. The van der Waals surface area contributed by atoms with Crippen LogP contribution in [-0.4, -0.2) is 21.9 Å². The molecule has 0 atom stereocenters. The predicted octanol–water partition coefficient (Wildman–Crippen LogP) is 3.47. The standard InChI is InChI=1S/C17H22N4O/c1-10(2)18-17-19-13(5)9-15(21-17)16(22)20-14-7-6-11(3)12(4)8-14/h6-10H,1-5H3,(H,20,22)(H,18,19,21). The summed E-state index contributed by atoms with van der Waals surface area (Å²) in [5.74, 6) is 0.237. The van der Waals surface area contributed by atoms with E-state index < -0.39 is 0 Å². The summed E-state index contributed by atoms with van der Waals surface area (Å²) in [7, 11) is 0. The van der Waals surface area contributed by atoms with Crippen LogP contribution < -0.4 is 10.6 Å². The van der Waals surface area contributed by atoms with Crippen molar-refractivity contribution in [2.75, 3.05) is 10.6 Å². The van der Waals surface area contributed by atoms with Crippen molar-refractivity contribution < 1.29 is 4.79 Å². The van der Waals surface area contributed by atoms with Crippen molar-refractivity contribution in [2.24, 2.45) is 0 Å². The lowest BCUT2D eigenvalue weighted by molar-refractivity contribution is 0.102.